The van der Waals surface area contributed by atoms with Crippen molar-refractivity contribution in [3.8, 4) is 0 Å². The van der Waals surface area contributed by atoms with E-state index in [1.165, 1.54) is 16.9 Å². The fourth-order valence-electron chi connectivity index (χ4n) is 2.70. The summed E-state index contributed by atoms with van der Waals surface area (Å²) < 4.78 is 0. The Morgan fingerprint density at radius 2 is 2.15 bits per heavy atom. The Morgan fingerprint density at radius 3 is 3.00 bits per heavy atom. The Balaban J connectivity index is 1.58. The molecular formula is C17H21N3. The fraction of sp³-hybridized carbons (Fsp3) is 0.294. The molecule has 2 heterocycles. The Labute approximate surface area is 120 Å². The lowest BCUT2D eigenvalue weighted by molar-refractivity contribution is 0.255. The summed E-state index contributed by atoms with van der Waals surface area (Å²) in [5, 5.41) is 3.49. The van der Waals surface area contributed by atoms with Gasteiger partial charge in [-0.15, -0.1) is 0 Å². The van der Waals surface area contributed by atoms with E-state index in [0.29, 0.717) is 6.17 Å². The zero-order chi connectivity index (χ0) is 13.9. The first kappa shape index (κ1) is 12.9. The minimum Gasteiger partial charge on any atom is -0.385 e. The zero-order valence-electron chi connectivity index (χ0n) is 12.1. The van der Waals surface area contributed by atoms with Crippen LogP contribution in [0.5, 0.6) is 0 Å². The summed E-state index contributed by atoms with van der Waals surface area (Å²) in [5.74, 6) is 0. The number of hydrogen-bond donors (Lipinski definition) is 1. The average Bonchev–Trinajstić information content (AvgIpc) is 2.82. The Bertz CT molecular complexity index is 571. The topological polar surface area (TPSA) is 18.5 Å². The smallest absolute Gasteiger partial charge is 0.124 e. The second kappa shape index (κ2) is 5.45. The maximum Gasteiger partial charge on any atom is 0.124 e. The predicted octanol–water partition coefficient (Wildman–Crippen LogP) is 3.30. The van der Waals surface area contributed by atoms with Crippen LogP contribution >= 0.6 is 0 Å². The number of rotatable bonds is 4. The molecule has 3 nitrogen and oxygen atoms in total. The summed E-state index contributed by atoms with van der Waals surface area (Å²) >= 11 is 0. The second-order valence-electron chi connectivity index (χ2n) is 5.37. The van der Waals surface area contributed by atoms with Crippen LogP contribution in [0.3, 0.4) is 0 Å². The SMILES string of the molecule is Cc1cccc(NCCC2=CC=CC3N(C)C=CN23)c1. The van der Waals surface area contributed by atoms with Gasteiger partial charge in [-0.05, 0) is 36.8 Å². The highest BCUT2D eigenvalue weighted by atomic mass is 15.4. The van der Waals surface area contributed by atoms with Crippen molar-refractivity contribution < 1.29 is 0 Å². The number of benzene rings is 1. The molecule has 3 rings (SSSR count). The standard InChI is InChI=1S/C17H21N3/c1-14-5-3-6-15(13-14)18-10-9-16-7-4-8-17-19(2)11-12-20(16)17/h3-8,11-13,17-18H,9-10H2,1-2H3. The third-order valence-corrected chi connectivity index (χ3v) is 3.80. The van der Waals surface area contributed by atoms with E-state index in [1.807, 2.05) is 0 Å². The average molecular weight is 267 g/mol. The molecule has 0 fully saturated rings. The lowest BCUT2D eigenvalue weighted by atomic mass is 10.1. The van der Waals surface area contributed by atoms with E-state index in [-0.39, 0.29) is 0 Å². The predicted molar refractivity (Wildman–Crippen MR) is 84.0 cm³/mol. The molecule has 0 amide bonds. The molecule has 2 aliphatic heterocycles. The van der Waals surface area contributed by atoms with E-state index < -0.39 is 0 Å². The molecule has 0 radical (unpaired) electrons. The lowest BCUT2D eigenvalue weighted by Crippen LogP contribution is -2.36. The van der Waals surface area contributed by atoms with Crippen LogP contribution in [0.4, 0.5) is 5.69 Å². The molecule has 104 valence electrons. The van der Waals surface area contributed by atoms with Gasteiger partial charge in [-0.25, -0.2) is 0 Å². The van der Waals surface area contributed by atoms with E-state index in [1.54, 1.807) is 0 Å². The van der Waals surface area contributed by atoms with Crippen LogP contribution in [-0.4, -0.2) is 29.6 Å². The Morgan fingerprint density at radius 1 is 1.25 bits per heavy atom. The fourth-order valence-corrected chi connectivity index (χ4v) is 2.70. The first-order valence-electron chi connectivity index (χ1n) is 7.10. The third-order valence-electron chi connectivity index (χ3n) is 3.80. The van der Waals surface area contributed by atoms with E-state index in [9.17, 15) is 0 Å². The van der Waals surface area contributed by atoms with Gasteiger partial charge in [0.2, 0.25) is 0 Å². The van der Waals surface area contributed by atoms with Crippen molar-refractivity contribution in [2.24, 2.45) is 0 Å². The van der Waals surface area contributed by atoms with Crippen molar-refractivity contribution in [1.82, 2.24) is 9.80 Å². The maximum absolute atomic E-state index is 3.49. The lowest BCUT2D eigenvalue weighted by Gasteiger charge is -2.32. The summed E-state index contributed by atoms with van der Waals surface area (Å²) in [6, 6.07) is 8.51. The highest BCUT2D eigenvalue weighted by molar-refractivity contribution is 5.45. The molecule has 1 unspecified atom stereocenters. The van der Waals surface area contributed by atoms with E-state index in [4.69, 9.17) is 0 Å². The van der Waals surface area contributed by atoms with Gasteiger partial charge in [0.15, 0.2) is 0 Å². The van der Waals surface area contributed by atoms with Crippen LogP contribution in [-0.2, 0) is 0 Å². The molecule has 0 aromatic heterocycles. The van der Waals surface area contributed by atoms with E-state index >= 15 is 0 Å². The summed E-state index contributed by atoms with van der Waals surface area (Å²) in [6.07, 6.45) is 12.2. The van der Waals surface area contributed by atoms with E-state index in [2.05, 4.69) is 84.0 Å². The van der Waals surface area contributed by atoms with Crippen LogP contribution in [0, 0.1) is 6.92 Å². The molecule has 20 heavy (non-hydrogen) atoms. The summed E-state index contributed by atoms with van der Waals surface area (Å²) in [5.41, 5.74) is 3.85. The number of anilines is 1. The second-order valence-corrected chi connectivity index (χ2v) is 5.37. The number of nitrogens with one attached hydrogen (secondary N) is 1. The molecule has 1 aromatic rings. The van der Waals surface area contributed by atoms with Gasteiger partial charge in [0.25, 0.3) is 0 Å². The monoisotopic (exact) mass is 267 g/mol. The summed E-state index contributed by atoms with van der Waals surface area (Å²) in [7, 11) is 2.11. The molecule has 2 aliphatic rings. The summed E-state index contributed by atoms with van der Waals surface area (Å²) in [6.45, 7) is 3.07. The van der Waals surface area contributed by atoms with Gasteiger partial charge < -0.3 is 15.1 Å². The number of allylic oxidation sites excluding steroid dienone is 2. The van der Waals surface area contributed by atoms with Crippen molar-refractivity contribution in [1.29, 1.82) is 0 Å². The molecule has 0 spiro atoms. The van der Waals surface area contributed by atoms with Crippen LogP contribution < -0.4 is 5.32 Å². The third kappa shape index (κ3) is 2.57. The molecule has 1 atom stereocenters. The molecule has 1 aromatic carbocycles. The van der Waals surface area contributed by atoms with Gasteiger partial charge in [-0.1, -0.05) is 18.2 Å². The quantitative estimate of drug-likeness (QED) is 0.903. The van der Waals surface area contributed by atoms with Crippen LogP contribution in [0.1, 0.15) is 12.0 Å². The first-order valence-corrected chi connectivity index (χ1v) is 7.10. The van der Waals surface area contributed by atoms with Crippen LogP contribution in [0.15, 0.2) is 60.6 Å². The van der Waals surface area contributed by atoms with Gasteiger partial charge >= 0.3 is 0 Å². The normalized spacial score (nSPS) is 20.1. The van der Waals surface area contributed by atoms with Crippen LogP contribution in [0.2, 0.25) is 0 Å². The van der Waals surface area contributed by atoms with Gasteiger partial charge in [0.1, 0.15) is 6.17 Å². The van der Waals surface area contributed by atoms with Crippen molar-refractivity contribution in [3.63, 3.8) is 0 Å². The molecule has 0 aliphatic carbocycles. The molecule has 0 saturated heterocycles. The Kier molecular flexibility index (Phi) is 3.50. The van der Waals surface area contributed by atoms with Crippen LogP contribution in [0.25, 0.3) is 0 Å². The van der Waals surface area contributed by atoms with Crippen molar-refractivity contribution in [2.75, 3.05) is 18.9 Å². The molecule has 1 N–H and O–H groups in total. The largest absolute Gasteiger partial charge is 0.385 e. The molecule has 3 heteroatoms. The number of likely N-dealkylation sites (N-methyl/N-ethyl adjacent to an activating group) is 1. The Hall–Kier alpha value is -2.16. The molecular weight excluding hydrogens is 246 g/mol. The number of hydrogen-bond acceptors (Lipinski definition) is 3. The summed E-state index contributed by atoms with van der Waals surface area (Å²) in [4.78, 5) is 4.55. The number of fused-ring (bicyclic) bond motifs is 1. The van der Waals surface area contributed by atoms with Gasteiger partial charge in [-0.3, -0.25) is 0 Å². The highest BCUT2D eigenvalue weighted by Gasteiger charge is 2.25. The number of nitrogens with zero attached hydrogens (tertiary/aromatic N) is 2. The van der Waals surface area contributed by atoms with E-state index in [0.717, 1.165) is 13.0 Å². The zero-order valence-corrected chi connectivity index (χ0v) is 12.1. The van der Waals surface area contributed by atoms with Gasteiger partial charge in [0.05, 0.1) is 0 Å². The minimum absolute atomic E-state index is 0.356. The van der Waals surface area contributed by atoms with Gasteiger partial charge in [0, 0.05) is 43.8 Å². The maximum atomic E-state index is 3.49. The molecule has 0 saturated carbocycles. The number of aryl methyl sites for hydroxylation is 1. The first-order chi connectivity index (χ1) is 9.74. The van der Waals surface area contributed by atoms with Crippen molar-refractivity contribution >= 4 is 5.69 Å². The van der Waals surface area contributed by atoms with Gasteiger partial charge in [-0.2, -0.15) is 0 Å². The minimum atomic E-state index is 0.356. The molecule has 0 bridgehead atoms. The van der Waals surface area contributed by atoms with Crippen molar-refractivity contribution in [3.05, 3.63) is 66.2 Å². The highest BCUT2D eigenvalue weighted by Crippen LogP contribution is 2.26. The van der Waals surface area contributed by atoms with Crippen molar-refractivity contribution in [2.45, 2.75) is 19.5 Å².